The third kappa shape index (κ3) is 4.38. The molecule has 1 atom stereocenters. The Kier molecular flexibility index (Phi) is 6.01. The third-order valence-electron chi connectivity index (χ3n) is 5.82. The Labute approximate surface area is 176 Å². The van der Waals surface area contributed by atoms with Crippen LogP contribution < -0.4 is 5.32 Å². The van der Waals surface area contributed by atoms with Crippen molar-refractivity contribution in [1.82, 2.24) is 4.90 Å². The molecule has 2 heterocycles. The molecule has 6 heteroatoms. The first kappa shape index (κ1) is 20.1. The molecular formula is C23H28N2O3S. The lowest BCUT2D eigenvalue weighted by Gasteiger charge is -2.28. The van der Waals surface area contributed by atoms with Gasteiger partial charge in [-0.05, 0) is 55.2 Å². The molecule has 5 nitrogen and oxygen atoms in total. The van der Waals surface area contributed by atoms with Crippen LogP contribution in [0.5, 0.6) is 0 Å². The van der Waals surface area contributed by atoms with E-state index in [1.807, 2.05) is 13.0 Å². The van der Waals surface area contributed by atoms with Crippen molar-refractivity contribution < 1.29 is 14.3 Å². The Morgan fingerprint density at radius 3 is 2.83 bits per heavy atom. The fourth-order valence-electron chi connectivity index (χ4n) is 4.32. The molecule has 2 aromatic rings. The van der Waals surface area contributed by atoms with Crippen LogP contribution in [0.2, 0.25) is 0 Å². The Hall–Kier alpha value is -2.18. The van der Waals surface area contributed by atoms with Crippen LogP contribution in [0.4, 0.5) is 5.00 Å². The van der Waals surface area contributed by atoms with Gasteiger partial charge in [0.2, 0.25) is 5.91 Å². The Balaban J connectivity index is 1.48. The topological polar surface area (TPSA) is 58.6 Å². The van der Waals surface area contributed by atoms with E-state index in [9.17, 15) is 9.59 Å². The molecule has 0 fully saturated rings. The average molecular weight is 413 g/mol. The smallest absolute Gasteiger partial charge is 0.341 e. The monoisotopic (exact) mass is 412 g/mol. The number of anilines is 1. The van der Waals surface area contributed by atoms with Gasteiger partial charge in [0.15, 0.2) is 0 Å². The van der Waals surface area contributed by atoms with Gasteiger partial charge in [-0.3, -0.25) is 9.69 Å². The fraction of sp³-hybridized carbons (Fsp3) is 0.478. The molecule has 1 aromatic heterocycles. The number of esters is 1. The van der Waals surface area contributed by atoms with Crippen molar-refractivity contribution in [2.24, 2.45) is 5.92 Å². The molecule has 0 spiro atoms. The highest BCUT2D eigenvalue weighted by Crippen LogP contribution is 2.40. The highest BCUT2D eigenvalue weighted by molar-refractivity contribution is 7.17. The Bertz CT molecular complexity index is 921. The number of hydrogen-bond acceptors (Lipinski definition) is 5. The molecule has 4 rings (SSSR count). The number of carbonyl (C=O) groups is 2. The molecule has 0 saturated carbocycles. The van der Waals surface area contributed by atoms with Crippen LogP contribution in [0, 0.1) is 5.92 Å². The van der Waals surface area contributed by atoms with Crippen LogP contribution in [0.1, 0.15) is 52.2 Å². The molecule has 154 valence electrons. The van der Waals surface area contributed by atoms with Gasteiger partial charge in [0.25, 0.3) is 0 Å². The zero-order chi connectivity index (χ0) is 20.4. The predicted molar refractivity (Wildman–Crippen MR) is 116 cm³/mol. The minimum Gasteiger partial charge on any atom is -0.462 e. The standard InChI is InChI=1S/C23H28N2O3S/c1-3-28-23(27)21-18-9-8-15(2)12-19(18)29-22(21)24-20(26)14-25-11-10-16-6-4-5-7-17(16)13-25/h4-7,15H,3,8-14H2,1-2H3,(H,24,26). The van der Waals surface area contributed by atoms with Crippen molar-refractivity contribution in [1.29, 1.82) is 0 Å². The number of amides is 1. The molecule has 1 amide bonds. The second-order valence-corrected chi connectivity index (χ2v) is 9.16. The van der Waals surface area contributed by atoms with Crippen molar-refractivity contribution >= 4 is 28.2 Å². The molecule has 29 heavy (non-hydrogen) atoms. The first-order chi connectivity index (χ1) is 14.0. The van der Waals surface area contributed by atoms with Crippen molar-refractivity contribution in [3.8, 4) is 0 Å². The Morgan fingerprint density at radius 2 is 2.03 bits per heavy atom. The highest BCUT2D eigenvalue weighted by atomic mass is 32.1. The van der Waals surface area contributed by atoms with Gasteiger partial charge in [-0.2, -0.15) is 0 Å². The lowest BCUT2D eigenvalue weighted by atomic mass is 9.88. The first-order valence-electron chi connectivity index (χ1n) is 10.5. The van der Waals surface area contributed by atoms with E-state index in [1.165, 1.54) is 16.0 Å². The number of nitrogens with one attached hydrogen (secondary N) is 1. The van der Waals surface area contributed by atoms with Crippen LogP contribution in [0.3, 0.4) is 0 Å². The quantitative estimate of drug-likeness (QED) is 0.753. The molecule has 0 saturated heterocycles. The fourth-order valence-corrected chi connectivity index (χ4v) is 5.73. The van der Waals surface area contributed by atoms with Gasteiger partial charge in [0.1, 0.15) is 5.00 Å². The molecule has 1 aromatic carbocycles. The normalized spacial score (nSPS) is 18.6. The van der Waals surface area contributed by atoms with Gasteiger partial charge in [-0.15, -0.1) is 11.3 Å². The maximum Gasteiger partial charge on any atom is 0.341 e. The molecule has 1 aliphatic carbocycles. The molecule has 0 bridgehead atoms. The van der Waals surface area contributed by atoms with Crippen molar-refractivity contribution in [2.45, 2.75) is 46.1 Å². The van der Waals surface area contributed by atoms with Crippen molar-refractivity contribution in [3.63, 3.8) is 0 Å². The molecule has 0 radical (unpaired) electrons. The summed E-state index contributed by atoms with van der Waals surface area (Å²) in [6, 6.07) is 8.41. The number of carbonyl (C=O) groups excluding carboxylic acids is 2. The highest BCUT2D eigenvalue weighted by Gasteiger charge is 2.29. The molecule has 1 aliphatic heterocycles. The summed E-state index contributed by atoms with van der Waals surface area (Å²) < 4.78 is 5.30. The van der Waals surface area contributed by atoms with Crippen LogP contribution >= 0.6 is 11.3 Å². The predicted octanol–water partition coefficient (Wildman–Crippen LogP) is 4.05. The third-order valence-corrected chi connectivity index (χ3v) is 6.99. The molecule has 1 unspecified atom stereocenters. The van der Waals surface area contributed by atoms with Gasteiger partial charge in [0, 0.05) is 18.0 Å². The minimum atomic E-state index is -0.318. The first-order valence-corrected chi connectivity index (χ1v) is 11.3. The van der Waals surface area contributed by atoms with E-state index in [2.05, 4.69) is 35.3 Å². The van der Waals surface area contributed by atoms with E-state index in [-0.39, 0.29) is 11.9 Å². The van der Waals surface area contributed by atoms with Gasteiger partial charge in [-0.25, -0.2) is 4.79 Å². The minimum absolute atomic E-state index is 0.0680. The molecular weight excluding hydrogens is 384 g/mol. The second-order valence-electron chi connectivity index (χ2n) is 8.05. The number of ether oxygens (including phenoxy) is 1. The lowest BCUT2D eigenvalue weighted by molar-refractivity contribution is -0.117. The summed E-state index contributed by atoms with van der Waals surface area (Å²) >= 11 is 1.55. The lowest BCUT2D eigenvalue weighted by Crippen LogP contribution is -2.37. The summed E-state index contributed by atoms with van der Waals surface area (Å²) in [5.41, 5.74) is 4.32. The Morgan fingerprint density at radius 1 is 1.24 bits per heavy atom. The summed E-state index contributed by atoms with van der Waals surface area (Å²) in [6.45, 7) is 6.36. The van der Waals surface area contributed by atoms with Crippen molar-refractivity contribution in [3.05, 3.63) is 51.4 Å². The van der Waals surface area contributed by atoms with E-state index < -0.39 is 0 Å². The van der Waals surface area contributed by atoms with Crippen LogP contribution in [0.25, 0.3) is 0 Å². The van der Waals surface area contributed by atoms with Gasteiger partial charge in [-0.1, -0.05) is 31.2 Å². The number of hydrogen-bond donors (Lipinski definition) is 1. The summed E-state index contributed by atoms with van der Waals surface area (Å²) in [4.78, 5) is 28.8. The van der Waals surface area contributed by atoms with E-state index >= 15 is 0 Å². The van der Waals surface area contributed by atoms with E-state index in [4.69, 9.17) is 4.74 Å². The number of fused-ring (bicyclic) bond motifs is 2. The van der Waals surface area contributed by atoms with Gasteiger partial charge >= 0.3 is 5.97 Å². The number of nitrogens with zero attached hydrogens (tertiary/aromatic N) is 1. The number of thiophene rings is 1. The molecule has 1 N–H and O–H groups in total. The maximum absolute atomic E-state index is 12.8. The average Bonchev–Trinajstić information content (AvgIpc) is 3.04. The summed E-state index contributed by atoms with van der Waals surface area (Å²) in [5, 5.41) is 3.69. The second kappa shape index (κ2) is 8.67. The maximum atomic E-state index is 12.8. The summed E-state index contributed by atoms with van der Waals surface area (Å²) in [7, 11) is 0. The number of rotatable bonds is 5. The SMILES string of the molecule is CCOC(=O)c1c(NC(=O)CN2CCc3ccccc3C2)sc2c1CCC(C)C2. The van der Waals surface area contributed by atoms with Crippen LogP contribution in [0.15, 0.2) is 24.3 Å². The van der Waals surface area contributed by atoms with Crippen LogP contribution in [-0.4, -0.2) is 36.5 Å². The van der Waals surface area contributed by atoms with Crippen LogP contribution in [-0.2, 0) is 35.3 Å². The summed E-state index contributed by atoms with van der Waals surface area (Å²) in [5.74, 6) is 0.219. The summed E-state index contributed by atoms with van der Waals surface area (Å²) in [6.07, 6.45) is 3.87. The number of benzene rings is 1. The zero-order valence-electron chi connectivity index (χ0n) is 17.1. The van der Waals surface area contributed by atoms with Gasteiger partial charge < -0.3 is 10.1 Å². The van der Waals surface area contributed by atoms with E-state index in [1.54, 1.807) is 11.3 Å². The zero-order valence-corrected chi connectivity index (χ0v) is 17.9. The van der Waals surface area contributed by atoms with E-state index in [0.717, 1.165) is 44.3 Å². The van der Waals surface area contributed by atoms with Crippen molar-refractivity contribution in [2.75, 3.05) is 25.0 Å². The van der Waals surface area contributed by atoms with E-state index in [0.29, 0.717) is 29.6 Å². The largest absolute Gasteiger partial charge is 0.462 e. The molecule has 2 aliphatic rings. The van der Waals surface area contributed by atoms with Gasteiger partial charge in [0.05, 0.1) is 18.7 Å².